The molecule has 1 aromatic carbocycles. The van der Waals surface area contributed by atoms with E-state index in [2.05, 4.69) is 0 Å². The van der Waals surface area contributed by atoms with Gasteiger partial charge < -0.3 is 10.5 Å². The van der Waals surface area contributed by atoms with Crippen molar-refractivity contribution >= 4 is 11.6 Å². The van der Waals surface area contributed by atoms with Gasteiger partial charge in [0.2, 0.25) is 0 Å². The number of halogens is 1. The number of benzene rings is 1. The first kappa shape index (κ1) is 9.36. The molecular formula is C9H12ClNO. The fourth-order valence-corrected chi connectivity index (χ4v) is 1.41. The number of hydrogen-bond donors (Lipinski definition) is 1. The first-order valence-electron chi connectivity index (χ1n) is 3.74. The molecule has 12 heavy (non-hydrogen) atoms. The van der Waals surface area contributed by atoms with Crippen molar-refractivity contribution in [2.24, 2.45) is 5.73 Å². The van der Waals surface area contributed by atoms with Crippen molar-refractivity contribution in [1.82, 2.24) is 0 Å². The Balaban J connectivity index is 3.14. The molecule has 0 amide bonds. The molecular weight excluding hydrogens is 174 g/mol. The zero-order chi connectivity index (χ0) is 9.14. The molecule has 0 aromatic heterocycles. The molecule has 2 nitrogen and oxygen atoms in total. The lowest BCUT2D eigenvalue weighted by Crippen LogP contribution is -2.05. The highest BCUT2D eigenvalue weighted by molar-refractivity contribution is 6.32. The molecule has 0 fully saturated rings. The Morgan fingerprint density at radius 1 is 1.50 bits per heavy atom. The van der Waals surface area contributed by atoms with Gasteiger partial charge in [-0.3, -0.25) is 0 Å². The van der Waals surface area contributed by atoms with Crippen molar-refractivity contribution in [3.8, 4) is 5.75 Å². The van der Waals surface area contributed by atoms with Gasteiger partial charge in [0.15, 0.2) is 0 Å². The standard InChI is InChI=1S/C9H12ClNO/c1-6(11)7-4-3-5-8(12-2)9(7)10/h3-6H,11H2,1-2H3/t6-/m1/s1. The topological polar surface area (TPSA) is 35.2 Å². The van der Waals surface area contributed by atoms with Gasteiger partial charge in [0, 0.05) is 6.04 Å². The summed E-state index contributed by atoms with van der Waals surface area (Å²) in [5.41, 5.74) is 6.61. The zero-order valence-corrected chi connectivity index (χ0v) is 7.93. The van der Waals surface area contributed by atoms with Crippen molar-refractivity contribution in [1.29, 1.82) is 0 Å². The van der Waals surface area contributed by atoms with Crippen LogP contribution in [-0.2, 0) is 0 Å². The Hall–Kier alpha value is -0.730. The molecule has 1 aromatic rings. The Labute approximate surface area is 77.3 Å². The Kier molecular flexibility index (Phi) is 2.95. The maximum Gasteiger partial charge on any atom is 0.137 e. The zero-order valence-electron chi connectivity index (χ0n) is 7.17. The molecule has 1 rings (SSSR count). The molecule has 2 N–H and O–H groups in total. The van der Waals surface area contributed by atoms with E-state index in [9.17, 15) is 0 Å². The smallest absolute Gasteiger partial charge is 0.137 e. The van der Waals surface area contributed by atoms with Gasteiger partial charge in [-0.25, -0.2) is 0 Å². The van der Waals surface area contributed by atoms with Gasteiger partial charge in [0.05, 0.1) is 12.1 Å². The van der Waals surface area contributed by atoms with Crippen molar-refractivity contribution < 1.29 is 4.74 Å². The van der Waals surface area contributed by atoms with Gasteiger partial charge in [-0.2, -0.15) is 0 Å². The van der Waals surface area contributed by atoms with E-state index < -0.39 is 0 Å². The molecule has 0 saturated carbocycles. The van der Waals surface area contributed by atoms with E-state index in [-0.39, 0.29) is 6.04 Å². The van der Waals surface area contributed by atoms with Gasteiger partial charge in [-0.15, -0.1) is 0 Å². The summed E-state index contributed by atoms with van der Waals surface area (Å²) in [5, 5.41) is 0.606. The molecule has 0 bridgehead atoms. The fraction of sp³-hybridized carbons (Fsp3) is 0.333. The third-order valence-electron chi connectivity index (χ3n) is 1.70. The summed E-state index contributed by atoms with van der Waals surface area (Å²) in [5.74, 6) is 0.673. The van der Waals surface area contributed by atoms with E-state index >= 15 is 0 Å². The highest BCUT2D eigenvalue weighted by Crippen LogP contribution is 2.30. The first-order chi connectivity index (χ1) is 5.66. The first-order valence-corrected chi connectivity index (χ1v) is 4.12. The quantitative estimate of drug-likeness (QED) is 0.768. The largest absolute Gasteiger partial charge is 0.495 e. The summed E-state index contributed by atoms with van der Waals surface area (Å²) >= 11 is 6.00. The van der Waals surface area contributed by atoms with Crippen molar-refractivity contribution in [3.63, 3.8) is 0 Å². The van der Waals surface area contributed by atoms with Crippen LogP contribution in [0, 0.1) is 0 Å². The Morgan fingerprint density at radius 3 is 2.67 bits per heavy atom. The molecule has 1 atom stereocenters. The monoisotopic (exact) mass is 185 g/mol. The summed E-state index contributed by atoms with van der Waals surface area (Å²) in [6, 6.07) is 5.53. The molecule has 0 radical (unpaired) electrons. The van der Waals surface area contributed by atoms with Crippen LogP contribution in [0.3, 0.4) is 0 Å². The highest BCUT2D eigenvalue weighted by Gasteiger charge is 2.08. The van der Waals surface area contributed by atoms with Crippen LogP contribution in [-0.4, -0.2) is 7.11 Å². The van der Waals surface area contributed by atoms with Gasteiger partial charge in [0.25, 0.3) is 0 Å². The SMILES string of the molecule is COc1cccc([C@@H](C)N)c1Cl. The van der Waals surface area contributed by atoms with Crippen molar-refractivity contribution in [2.45, 2.75) is 13.0 Å². The summed E-state index contributed by atoms with van der Waals surface area (Å²) in [6.45, 7) is 1.89. The summed E-state index contributed by atoms with van der Waals surface area (Å²) in [7, 11) is 1.59. The third-order valence-corrected chi connectivity index (χ3v) is 2.11. The Bertz CT molecular complexity index is 273. The van der Waals surface area contributed by atoms with E-state index in [0.29, 0.717) is 10.8 Å². The maximum absolute atomic E-state index is 6.00. The lowest BCUT2D eigenvalue weighted by Gasteiger charge is -2.10. The third kappa shape index (κ3) is 1.71. The van der Waals surface area contributed by atoms with Crippen LogP contribution in [0.1, 0.15) is 18.5 Å². The molecule has 0 heterocycles. The van der Waals surface area contributed by atoms with Gasteiger partial charge in [-0.1, -0.05) is 23.7 Å². The molecule has 0 spiro atoms. The summed E-state index contributed by atoms with van der Waals surface area (Å²) < 4.78 is 5.05. The fourth-order valence-electron chi connectivity index (χ4n) is 1.04. The predicted octanol–water partition coefficient (Wildman–Crippen LogP) is 2.37. The molecule has 3 heteroatoms. The maximum atomic E-state index is 6.00. The van der Waals surface area contributed by atoms with Crippen LogP contribution < -0.4 is 10.5 Å². The normalized spacial score (nSPS) is 12.7. The van der Waals surface area contributed by atoms with Gasteiger partial charge in [-0.05, 0) is 18.6 Å². The van der Waals surface area contributed by atoms with E-state index in [0.717, 1.165) is 5.56 Å². The minimum atomic E-state index is -0.0624. The molecule has 66 valence electrons. The highest BCUT2D eigenvalue weighted by atomic mass is 35.5. The summed E-state index contributed by atoms with van der Waals surface area (Å²) in [6.07, 6.45) is 0. The predicted molar refractivity (Wildman–Crippen MR) is 50.6 cm³/mol. The Morgan fingerprint density at radius 2 is 2.17 bits per heavy atom. The van der Waals surface area contributed by atoms with E-state index in [1.54, 1.807) is 7.11 Å². The van der Waals surface area contributed by atoms with Crippen LogP contribution in [0.2, 0.25) is 5.02 Å². The average Bonchev–Trinajstić information content (AvgIpc) is 2.04. The molecule has 0 aliphatic rings. The van der Waals surface area contributed by atoms with Crippen molar-refractivity contribution in [3.05, 3.63) is 28.8 Å². The second kappa shape index (κ2) is 3.78. The lowest BCUT2D eigenvalue weighted by molar-refractivity contribution is 0.414. The minimum Gasteiger partial charge on any atom is -0.495 e. The van der Waals surface area contributed by atoms with Crippen molar-refractivity contribution in [2.75, 3.05) is 7.11 Å². The van der Waals surface area contributed by atoms with Gasteiger partial charge in [0.1, 0.15) is 5.75 Å². The van der Waals surface area contributed by atoms with E-state index in [1.807, 2.05) is 25.1 Å². The minimum absolute atomic E-state index is 0.0624. The summed E-state index contributed by atoms with van der Waals surface area (Å²) in [4.78, 5) is 0. The number of hydrogen-bond acceptors (Lipinski definition) is 2. The van der Waals surface area contributed by atoms with E-state index in [1.165, 1.54) is 0 Å². The second-order valence-corrected chi connectivity index (χ2v) is 3.03. The van der Waals surface area contributed by atoms with Crippen LogP contribution in [0.4, 0.5) is 0 Å². The number of methoxy groups -OCH3 is 1. The molecule has 0 saturated heterocycles. The molecule has 0 unspecified atom stereocenters. The van der Waals surface area contributed by atoms with Crippen LogP contribution in [0.15, 0.2) is 18.2 Å². The number of rotatable bonds is 2. The van der Waals surface area contributed by atoms with Gasteiger partial charge >= 0.3 is 0 Å². The average molecular weight is 186 g/mol. The second-order valence-electron chi connectivity index (χ2n) is 2.65. The van der Waals surface area contributed by atoms with Crippen LogP contribution in [0.25, 0.3) is 0 Å². The molecule has 0 aliphatic carbocycles. The number of ether oxygens (including phenoxy) is 1. The lowest BCUT2D eigenvalue weighted by atomic mass is 10.1. The number of nitrogens with two attached hydrogens (primary N) is 1. The van der Waals surface area contributed by atoms with Crippen LogP contribution >= 0.6 is 11.6 Å². The van der Waals surface area contributed by atoms with E-state index in [4.69, 9.17) is 22.1 Å². The molecule has 0 aliphatic heterocycles. The van der Waals surface area contributed by atoms with Crippen LogP contribution in [0.5, 0.6) is 5.75 Å².